The molecule has 0 radical (unpaired) electrons. The molecule has 34 heavy (non-hydrogen) atoms. The first-order chi connectivity index (χ1) is 16.4. The Bertz CT molecular complexity index is 1390. The zero-order valence-electron chi connectivity index (χ0n) is 19.8. The van der Waals surface area contributed by atoms with Crippen molar-refractivity contribution < 1.29 is 14.3 Å². The summed E-state index contributed by atoms with van der Waals surface area (Å²) in [6, 6.07) is 13.2. The van der Waals surface area contributed by atoms with Crippen LogP contribution >= 0.6 is 0 Å². The van der Waals surface area contributed by atoms with Crippen LogP contribution < -0.4 is 10.3 Å². The molecule has 0 unspecified atom stereocenters. The molecule has 2 aromatic carbocycles. The summed E-state index contributed by atoms with van der Waals surface area (Å²) in [4.78, 5) is 32.4. The Balaban J connectivity index is 1.76. The highest BCUT2D eigenvalue weighted by Crippen LogP contribution is 2.30. The number of hydrogen-bond acceptors (Lipinski definition) is 6. The van der Waals surface area contributed by atoms with Crippen molar-refractivity contribution in [2.75, 3.05) is 13.7 Å². The van der Waals surface area contributed by atoms with Crippen LogP contribution in [0.1, 0.15) is 47.4 Å². The topological polar surface area (TPSA) is 99.1 Å². The smallest absolute Gasteiger partial charge is 0.337 e. The van der Waals surface area contributed by atoms with Crippen molar-refractivity contribution in [3.05, 3.63) is 75.2 Å². The van der Waals surface area contributed by atoms with Gasteiger partial charge in [-0.1, -0.05) is 31.5 Å². The largest absolute Gasteiger partial charge is 0.493 e. The van der Waals surface area contributed by atoms with Crippen molar-refractivity contribution in [2.24, 2.45) is 7.05 Å². The van der Waals surface area contributed by atoms with E-state index in [1.54, 1.807) is 23.9 Å². The SMILES string of the molecule is CCCc1nn(C)c2c(=O)[nH]c(-c3cc(Cc4ccc(C(=O)OC)cc4)ccc3OCC)nc12. The first-order valence-electron chi connectivity index (χ1n) is 11.3. The maximum atomic E-state index is 12.9. The first kappa shape index (κ1) is 23.2. The number of H-pyrrole nitrogens is 1. The summed E-state index contributed by atoms with van der Waals surface area (Å²) in [7, 11) is 3.12. The Labute approximate surface area is 197 Å². The van der Waals surface area contributed by atoms with E-state index in [9.17, 15) is 9.59 Å². The number of nitrogens with one attached hydrogen (secondary N) is 1. The van der Waals surface area contributed by atoms with Gasteiger partial charge < -0.3 is 14.5 Å². The van der Waals surface area contributed by atoms with Crippen molar-refractivity contribution >= 4 is 17.0 Å². The van der Waals surface area contributed by atoms with E-state index in [4.69, 9.17) is 14.5 Å². The summed E-state index contributed by atoms with van der Waals surface area (Å²) >= 11 is 0. The molecule has 4 aromatic rings. The van der Waals surface area contributed by atoms with Crippen LogP contribution in [0.2, 0.25) is 0 Å². The number of nitrogens with zero attached hydrogens (tertiary/aromatic N) is 3. The number of carbonyl (C=O) groups excluding carboxylic acids is 1. The standard InChI is InChI=1S/C26H28N4O4/c1-5-7-20-22-23(30(3)29-20)25(31)28-24(27-22)19-15-17(10-13-21(19)34-6-2)14-16-8-11-18(12-9-16)26(32)33-4/h8-13,15H,5-7,14H2,1-4H3,(H,27,28,31). The van der Waals surface area contributed by atoms with Gasteiger partial charge in [0.15, 0.2) is 5.52 Å². The van der Waals surface area contributed by atoms with E-state index < -0.39 is 0 Å². The van der Waals surface area contributed by atoms with Crippen LogP contribution in [0.5, 0.6) is 5.75 Å². The normalized spacial score (nSPS) is 11.1. The van der Waals surface area contributed by atoms with Crippen molar-refractivity contribution in [1.82, 2.24) is 19.7 Å². The van der Waals surface area contributed by atoms with Crippen LogP contribution in [-0.4, -0.2) is 39.4 Å². The molecule has 0 atom stereocenters. The van der Waals surface area contributed by atoms with Gasteiger partial charge in [0, 0.05) is 7.05 Å². The summed E-state index contributed by atoms with van der Waals surface area (Å²) in [6.45, 7) is 4.48. The average Bonchev–Trinajstić information content (AvgIpc) is 3.16. The van der Waals surface area contributed by atoms with Gasteiger partial charge in [0.25, 0.3) is 5.56 Å². The molecular formula is C26H28N4O4. The third-order valence-electron chi connectivity index (χ3n) is 5.63. The van der Waals surface area contributed by atoms with E-state index in [0.717, 1.165) is 35.2 Å². The molecule has 2 aromatic heterocycles. The van der Waals surface area contributed by atoms with Gasteiger partial charge in [-0.25, -0.2) is 9.78 Å². The molecule has 8 heteroatoms. The maximum absolute atomic E-state index is 12.9. The molecule has 8 nitrogen and oxygen atoms in total. The van der Waals surface area contributed by atoms with Crippen molar-refractivity contribution in [3.8, 4) is 17.1 Å². The summed E-state index contributed by atoms with van der Waals surface area (Å²) in [6.07, 6.45) is 2.29. The molecule has 0 fully saturated rings. The summed E-state index contributed by atoms with van der Waals surface area (Å²) in [5, 5.41) is 4.50. The molecule has 0 spiro atoms. The van der Waals surface area contributed by atoms with Crippen LogP contribution in [0, 0.1) is 0 Å². The molecule has 0 amide bonds. The van der Waals surface area contributed by atoms with Gasteiger partial charge in [-0.2, -0.15) is 5.10 Å². The van der Waals surface area contributed by atoms with Gasteiger partial charge in [-0.15, -0.1) is 0 Å². The van der Waals surface area contributed by atoms with Crippen LogP contribution in [0.3, 0.4) is 0 Å². The summed E-state index contributed by atoms with van der Waals surface area (Å²) in [5.74, 6) is 0.739. The predicted octanol–water partition coefficient (Wildman–Crippen LogP) is 4.05. The highest BCUT2D eigenvalue weighted by atomic mass is 16.5. The minimum atomic E-state index is -0.363. The van der Waals surface area contributed by atoms with Crippen LogP contribution in [0.15, 0.2) is 47.3 Å². The van der Waals surface area contributed by atoms with Gasteiger partial charge in [0.05, 0.1) is 30.5 Å². The number of hydrogen-bond donors (Lipinski definition) is 1. The predicted molar refractivity (Wildman–Crippen MR) is 130 cm³/mol. The van der Waals surface area contributed by atoms with Gasteiger partial charge in [-0.05, 0) is 55.2 Å². The monoisotopic (exact) mass is 460 g/mol. The highest BCUT2D eigenvalue weighted by molar-refractivity contribution is 5.89. The Hall–Kier alpha value is -3.94. The third-order valence-corrected chi connectivity index (χ3v) is 5.63. The molecule has 4 rings (SSSR count). The summed E-state index contributed by atoms with van der Waals surface area (Å²) < 4.78 is 12.2. The number of carbonyl (C=O) groups is 1. The van der Waals surface area contributed by atoms with E-state index in [-0.39, 0.29) is 11.5 Å². The molecule has 0 aliphatic rings. The van der Waals surface area contributed by atoms with Gasteiger partial charge in [-0.3, -0.25) is 9.48 Å². The first-order valence-corrected chi connectivity index (χ1v) is 11.3. The summed E-state index contributed by atoms with van der Waals surface area (Å²) in [5.41, 5.74) is 4.95. The Morgan fingerprint density at radius 3 is 2.50 bits per heavy atom. The average molecular weight is 461 g/mol. The van der Waals surface area contributed by atoms with Crippen molar-refractivity contribution in [3.63, 3.8) is 0 Å². The Kier molecular flexibility index (Phi) is 6.77. The number of aromatic nitrogens is 4. The number of benzene rings is 2. The van der Waals surface area contributed by atoms with Crippen molar-refractivity contribution in [2.45, 2.75) is 33.1 Å². The number of esters is 1. The second-order valence-electron chi connectivity index (χ2n) is 8.06. The number of fused-ring (bicyclic) bond motifs is 1. The lowest BCUT2D eigenvalue weighted by molar-refractivity contribution is 0.0600. The van der Waals surface area contributed by atoms with Gasteiger partial charge in [0.1, 0.15) is 17.1 Å². The van der Waals surface area contributed by atoms with E-state index in [1.165, 1.54) is 7.11 Å². The van der Waals surface area contributed by atoms with E-state index in [2.05, 4.69) is 17.0 Å². The number of aryl methyl sites for hydroxylation is 2. The molecule has 0 saturated carbocycles. The van der Waals surface area contributed by atoms with Gasteiger partial charge >= 0.3 is 5.97 Å². The second-order valence-corrected chi connectivity index (χ2v) is 8.06. The minimum absolute atomic E-state index is 0.233. The Morgan fingerprint density at radius 2 is 1.82 bits per heavy atom. The molecule has 0 saturated heterocycles. The molecule has 2 heterocycles. The zero-order chi connectivity index (χ0) is 24.2. The highest BCUT2D eigenvalue weighted by Gasteiger charge is 2.18. The number of ether oxygens (including phenoxy) is 2. The quantitative estimate of drug-likeness (QED) is 0.398. The fourth-order valence-corrected chi connectivity index (χ4v) is 4.05. The molecule has 0 bridgehead atoms. The third kappa shape index (κ3) is 4.57. The fourth-order valence-electron chi connectivity index (χ4n) is 4.05. The lowest BCUT2D eigenvalue weighted by Crippen LogP contribution is -2.13. The zero-order valence-corrected chi connectivity index (χ0v) is 19.8. The molecule has 1 N–H and O–H groups in total. The lowest BCUT2D eigenvalue weighted by Gasteiger charge is -2.12. The lowest BCUT2D eigenvalue weighted by atomic mass is 10.0. The van der Waals surface area contributed by atoms with E-state index in [0.29, 0.717) is 41.2 Å². The molecular weight excluding hydrogens is 432 g/mol. The fraction of sp³-hybridized carbons (Fsp3) is 0.308. The maximum Gasteiger partial charge on any atom is 0.337 e. The van der Waals surface area contributed by atoms with E-state index in [1.807, 2.05) is 37.3 Å². The number of rotatable bonds is 8. The van der Waals surface area contributed by atoms with Crippen molar-refractivity contribution in [1.29, 1.82) is 0 Å². The molecule has 0 aliphatic heterocycles. The Morgan fingerprint density at radius 1 is 1.09 bits per heavy atom. The minimum Gasteiger partial charge on any atom is -0.493 e. The van der Waals surface area contributed by atoms with Gasteiger partial charge in [0.2, 0.25) is 0 Å². The molecule has 0 aliphatic carbocycles. The number of aromatic amines is 1. The second kappa shape index (κ2) is 9.91. The van der Waals surface area contributed by atoms with Crippen LogP contribution in [-0.2, 0) is 24.6 Å². The van der Waals surface area contributed by atoms with E-state index >= 15 is 0 Å². The number of methoxy groups -OCH3 is 1. The molecule has 176 valence electrons. The van der Waals surface area contributed by atoms with Crippen LogP contribution in [0.4, 0.5) is 0 Å². The van der Waals surface area contributed by atoms with Crippen LogP contribution in [0.25, 0.3) is 22.4 Å².